The van der Waals surface area contributed by atoms with Crippen LogP contribution in [0, 0.1) is 0 Å². The molecule has 0 spiro atoms. The highest BCUT2D eigenvalue weighted by atomic mass is 79.9. The zero-order valence-corrected chi connectivity index (χ0v) is 16.4. The monoisotopic (exact) mass is 409 g/mol. The Morgan fingerprint density at radius 2 is 2.08 bits per heavy atom. The number of rotatable bonds is 4. The lowest BCUT2D eigenvalue weighted by Crippen LogP contribution is -2.12. The largest absolute Gasteiger partial charge is 0.354 e. The molecule has 132 valence electrons. The first kappa shape index (κ1) is 17.2. The number of carbonyl (C=O) groups is 1. The van der Waals surface area contributed by atoms with Crippen molar-refractivity contribution in [2.24, 2.45) is 0 Å². The Hall–Kier alpha value is -2.24. The third kappa shape index (κ3) is 3.02. The summed E-state index contributed by atoms with van der Waals surface area (Å²) in [5, 5.41) is 7.78. The first-order chi connectivity index (χ1) is 12.6. The first-order valence-electron chi connectivity index (χ1n) is 8.73. The fourth-order valence-corrected chi connectivity index (χ4v) is 4.07. The zero-order chi connectivity index (χ0) is 18.3. The molecule has 4 rings (SSSR count). The molecule has 4 nitrogen and oxygen atoms in total. The molecule has 1 aromatic heterocycles. The van der Waals surface area contributed by atoms with Gasteiger partial charge in [0.15, 0.2) is 5.78 Å². The summed E-state index contributed by atoms with van der Waals surface area (Å²) in [4.78, 5) is 16.6. The number of hydrogen-bond acceptors (Lipinski definition) is 4. The molecule has 1 unspecified atom stereocenters. The molecule has 1 atom stereocenters. The smallest absolute Gasteiger partial charge is 0.163 e. The number of nitrogens with zero attached hydrogens (tertiary/aromatic N) is 1. The molecular weight excluding hydrogens is 390 g/mol. The number of benzene rings is 2. The van der Waals surface area contributed by atoms with Gasteiger partial charge < -0.3 is 10.6 Å². The van der Waals surface area contributed by atoms with Gasteiger partial charge in [-0.25, -0.2) is 0 Å². The molecule has 1 aliphatic rings. The molecule has 0 amide bonds. The molecular formula is C21H20BrN3O. The SMILES string of the molecule is CNC1CCc2cc(Nc3c(C(C)=O)cnc4ccc(Br)cc34)ccc21. The van der Waals surface area contributed by atoms with Crippen molar-refractivity contribution >= 4 is 44.0 Å². The summed E-state index contributed by atoms with van der Waals surface area (Å²) in [6.45, 7) is 1.58. The standard InChI is InChI=1S/C21H20BrN3O/c1-12(26)18-11-24-20-8-4-14(22)10-17(20)21(18)25-15-5-6-16-13(9-15)3-7-19(16)23-2/h4-6,8-11,19,23H,3,7H2,1-2H3,(H,24,25). The topological polar surface area (TPSA) is 54.0 Å². The van der Waals surface area contributed by atoms with Gasteiger partial charge in [0.2, 0.25) is 0 Å². The normalized spacial score (nSPS) is 15.9. The average molecular weight is 410 g/mol. The maximum Gasteiger partial charge on any atom is 0.163 e. The zero-order valence-electron chi connectivity index (χ0n) is 14.8. The fraction of sp³-hybridized carbons (Fsp3) is 0.238. The van der Waals surface area contributed by atoms with Gasteiger partial charge in [-0.1, -0.05) is 22.0 Å². The molecule has 2 N–H and O–H groups in total. The van der Waals surface area contributed by atoms with E-state index in [1.807, 2.05) is 25.2 Å². The summed E-state index contributed by atoms with van der Waals surface area (Å²) in [6, 6.07) is 12.8. The van der Waals surface area contributed by atoms with E-state index in [2.05, 4.69) is 49.7 Å². The molecule has 0 fully saturated rings. The van der Waals surface area contributed by atoms with Crippen LogP contribution in [0.25, 0.3) is 10.9 Å². The number of anilines is 2. The lowest BCUT2D eigenvalue weighted by atomic mass is 10.0. The number of nitrogens with one attached hydrogen (secondary N) is 2. The van der Waals surface area contributed by atoms with Crippen LogP contribution in [0.3, 0.4) is 0 Å². The minimum absolute atomic E-state index is 0.00159. The number of halogens is 1. The molecule has 5 heteroatoms. The van der Waals surface area contributed by atoms with Gasteiger partial charge in [-0.05, 0) is 68.3 Å². The molecule has 3 aromatic rings. The Morgan fingerprint density at radius 3 is 2.85 bits per heavy atom. The number of ketones is 1. The van der Waals surface area contributed by atoms with Crippen LogP contribution >= 0.6 is 15.9 Å². The van der Waals surface area contributed by atoms with Crippen LogP contribution in [0.1, 0.15) is 40.9 Å². The summed E-state index contributed by atoms with van der Waals surface area (Å²) in [7, 11) is 2.01. The van der Waals surface area contributed by atoms with E-state index in [0.29, 0.717) is 11.6 Å². The second kappa shape index (κ2) is 6.82. The lowest BCUT2D eigenvalue weighted by molar-refractivity contribution is 0.101. The molecule has 0 radical (unpaired) electrons. The molecule has 0 saturated heterocycles. The second-order valence-electron chi connectivity index (χ2n) is 6.68. The number of carbonyl (C=O) groups excluding carboxylic acids is 1. The molecule has 1 heterocycles. The van der Waals surface area contributed by atoms with Crippen LogP contribution in [-0.4, -0.2) is 17.8 Å². The Kier molecular flexibility index (Phi) is 4.51. The van der Waals surface area contributed by atoms with Crippen molar-refractivity contribution in [2.75, 3.05) is 12.4 Å². The van der Waals surface area contributed by atoms with Crippen molar-refractivity contribution in [1.29, 1.82) is 0 Å². The number of hydrogen-bond donors (Lipinski definition) is 2. The number of aromatic nitrogens is 1. The van der Waals surface area contributed by atoms with Gasteiger partial charge >= 0.3 is 0 Å². The van der Waals surface area contributed by atoms with Crippen molar-refractivity contribution in [3.63, 3.8) is 0 Å². The number of pyridine rings is 1. The van der Waals surface area contributed by atoms with Crippen molar-refractivity contribution in [3.05, 3.63) is 63.8 Å². The minimum atomic E-state index is -0.00159. The summed E-state index contributed by atoms with van der Waals surface area (Å²) >= 11 is 3.52. The highest BCUT2D eigenvalue weighted by Gasteiger charge is 2.21. The molecule has 1 aliphatic carbocycles. The van der Waals surface area contributed by atoms with E-state index in [-0.39, 0.29) is 5.78 Å². The van der Waals surface area contributed by atoms with E-state index in [1.54, 1.807) is 13.1 Å². The van der Waals surface area contributed by atoms with Crippen LogP contribution in [-0.2, 0) is 6.42 Å². The van der Waals surface area contributed by atoms with Gasteiger partial charge in [0.05, 0.1) is 16.8 Å². The van der Waals surface area contributed by atoms with E-state index in [0.717, 1.165) is 39.6 Å². The van der Waals surface area contributed by atoms with Gasteiger partial charge in [0.25, 0.3) is 0 Å². The third-order valence-corrected chi connectivity index (χ3v) is 5.54. The van der Waals surface area contributed by atoms with Crippen molar-refractivity contribution in [1.82, 2.24) is 10.3 Å². The predicted molar refractivity (Wildman–Crippen MR) is 109 cm³/mol. The first-order valence-corrected chi connectivity index (χ1v) is 9.52. The summed E-state index contributed by atoms with van der Waals surface area (Å²) in [5.41, 5.74) is 5.99. The highest BCUT2D eigenvalue weighted by molar-refractivity contribution is 9.10. The maximum atomic E-state index is 12.2. The van der Waals surface area contributed by atoms with Crippen LogP contribution in [0.4, 0.5) is 11.4 Å². The predicted octanol–water partition coefficient (Wildman–Crippen LogP) is 5.15. The minimum Gasteiger partial charge on any atom is -0.354 e. The van der Waals surface area contributed by atoms with E-state index in [9.17, 15) is 4.79 Å². The van der Waals surface area contributed by atoms with Crippen LogP contribution in [0.2, 0.25) is 0 Å². The van der Waals surface area contributed by atoms with E-state index < -0.39 is 0 Å². The summed E-state index contributed by atoms with van der Waals surface area (Å²) < 4.78 is 0.960. The third-order valence-electron chi connectivity index (χ3n) is 5.05. The average Bonchev–Trinajstić information content (AvgIpc) is 3.04. The summed E-state index contributed by atoms with van der Waals surface area (Å²) in [5.74, 6) is -0.00159. The van der Waals surface area contributed by atoms with Crippen LogP contribution in [0.15, 0.2) is 47.1 Å². The Labute approximate surface area is 161 Å². The summed E-state index contributed by atoms with van der Waals surface area (Å²) in [6.07, 6.45) is 3.85. The van der Waals surface area contributed by atoms with Crippen molar-refractivity contribution in [2.45, 2.75) is 25.8 Å². The van der Waals surface area contributed by atoms with Gasteiger partial charge in [0, 0.05) is 27.8 Å². The number of fused-ring (bicyclic) bond motifs is 2. The van der Waals surface area contributed by atoms with Crippen LogP contribution in [0.5, 0.6) is 0 Å². The van der Waals surface area contributed by atoms with Gasteiger partial charge in [-0.3, -0.25) is 9.78 Å². The lowest BCUT2D eigenvalue weighted by Gasteiger charge is -2.15. The molecule has 0 bridgehead atoms. The highest BCUT2D eigenvalue weighted by Crippen LogP contribution is 2.35. The van der Waals surface area contributed by atoms with E-state index in [1.165, 1.54) is 11.1 Å². The maximum absolute atomic E-state index is 12.2. The molecule has 0 aliphatic heterocycles. The van der Waals surface area contributed by atoms with E-state index >= 15 is 0 Å². The Morgan fingerprint density at radius 1 is 1.23 bits per heavy atom. The van der Waals surface area contributed by atoms with Gasteiger partial charge in [-0.15, -0.1) is 0 Å². The Balaban J connectivity index is 1.81. The number of Topliss-reactive ketones (excluding diaryl/α,β-unsaturated/α-hetero) is 1. The number of aryl methyl sites for hydroxylation is 1. The van der Waals surface area contributed by atoms with Crippen molar-refractivity contribution in [3.8, 4) is 0 Å². The second-order valence-corrected chi connectivity index (χ2v) is 7.60. The molecule has 2 aromatic carbocycles. The Bertz CT molecular complexity index is 1020. The quantitative estimate of drug-likeness (QED) is 0.584. The van der Waals surface area contributed by atoms with Crippen molar-refractivity contribution < 1.29 is 4.79 Å². The molecule has 26 heavy (non-hydrogen) atoms. The molecule has 0 saturated carbocycles. The van der Waals surface area contributed by atoms with Crippen LogP contribution < -0.4 is 10.6 Å². The van der Waals surface area contributed by atoms with Gasteiger partial charge in [-0.2, -0.15) is 0 Å². The van der Waals surface area contributed by atoms with E-state index in [4.69, 9.17) is 0 Å². The fourth-order valence-electron chi connectivity index (χ4n) is 3.71. The van der Waals surface area contributed by atoms with Gasteiger partial charge in [0.1, 0.15) is 0 Å².